The Bertz CT molecular complexity index is 447. The van der Waals surface area contributed by atoms with Gasteiger partial charge < -0.3 is 16.0 Å². The van der Waals surface area contributed by atoms with Crippen LogP contribution in [0.2, 0.25) is 0 Å². The zero-order valence-corrected chi connectivity index (χ0v) is 9.35. The minimum absolute atomic E-state index is 0.0270. The highest BCUT2D eigenvalue weighted by atomic mass is 16.2. The van der Waals surface area contributed by atoms with Gasteiger partial charge in [0.2, 0.25) is 5.91 Å². The second-order valence-corrected chi connectivity index (χ2v) is 3.84. The fourth-order valence-corrected chi connectivity index (χ4v) is 1.70. The van der Waals surface area contributed by atoms with Gasteiger partial charge in [-0.1, -0.05) is 6.07 Å². The number of amides is 2. The Hall–Kier alpha value is -2.11. The molecule has 1 aromatic rings. The van der Waals surface area contributed by atoms with E-state index in [2.05, 4.69) is 10.3 Å². The molecule has 0 unspecified atom stereocenters. The Balaban J connectivity index is 2.11. The fraction of sp³-hybridized carbons (Fsp3) is 0.364. The summed E-state index contributed by atoms with van der Waals surface area (Å²) in [4.78, 5) is 28.8. The number of carbonyl (C=O) groups is 2. The molecular formula is C11H14N4O2. The lowest BCUT2D eigenvalue weighted by Gasteiger charge is -2.18. The first-order valence-corrected chi connectivity index (χ1v) is 5.45. The molecule has 0 bridgehead atoms. The number of hydrogen-bond acceptors (Lipinski definition) is 4. The van der Waals surface area contributed by atoms with Crippen molar-refractivity contribution in [3.8, 4) is 0 Å². The molecule has 1 saturated heterocycles. The Kier molecular flexibility index (Phi) is 3.22. The summed E-state index contributed by atoms with van der Waals surface area (Å²) < 4.78 is 0. The summed E-state index contributed by atoms with van der Waals surface area (Å²) in [6, 6.07) is 4.94. The van der Waals surface area contributed by atoms with E-state index in [0.717, 1.165) is 0 Å². The van der Waals surface area contributed by atoms with Crippen molar-refractivity contribution in [2.75, 3.05) is 25.4 Å². The average Bonchev–Trinajstić information content (AvgIpc) is 2.53. The molecular weight excluding hydrogens is 220 g/mol. The monoisotopic (exact) mass is 234 g/mol. The number of nitrogens with one attached hydrogen (secondary N) is 1. The number of nitrogens with two attached hydrogens (primary N) is 1. The molecule has 2 heterocycles. The molecule has 1 aliphatic heterocycles. The third kappa shape index (κ3) is 2.72. The van der Waals surface area contributed by atoms with Crippen molar-refractivity contribution in [3.05, 3.63) is 23.9 Å². The molecule has 0 aromatic carbocycles. The molecule has 17 heavy (non-hydrogen) atoms. The second kappa shape index (κ2) is 4.82. The van der Waals surface area contributed by atoms with Crippen LogP contribution in [0.5, 0.6) is 0 Å². The molecule has 0 aliphatic carbocycles. The maximum absolute atomic E-state index is 12.1. The molecule has 3 N–H and O–H groups in total. The topological polar surface area (TPSA) is 88.3 Å². The molecule has 0 radical (unpaired) electrons. The standard InChI is InChI=1S/C11H14N4O2/c12-9-3-1-2-8(14-9)11(17)15-6-4-10(16)13-5-7-15/h1-3H,4-7H2,(H2,12,14)(H,13,16). The van der Waals surface area contributed by atoms with E-state index in [1.807, 2.05) is 0 Å². The quantitative estimate of drug-likeness (QED) is 0.693. The highest BCUT2D eigenvalue weighted by Crippen LogP contribution is 2.06. The largest absolute Gasteiger partial charge is 0.384 e. The van der Waals surface area contributed by atoms with Crippen LogP contribution in [0.25, 0.3) is 0 Å². The first-order chi connectivity index (χ1) is 8.16. The molecule has 1 aromatic heterocycles. The summed E-state index contributed by atoms with van der Waals surface area (Å²) in [5.41, 5.74) is 5.85. The van der Waals surface area contributed by atoms with Gasteiger partial charge >= 0.3 is 0 Å². The summed E-state index contributed by atoms with van der Waals surface area (Å²) in [6.07, 6.45) is 0.327. The van der Waals surface area contributed by atoms with E-state index in [1.165, 1.54) is 0 Å². The molecule has 0 saturated carbocycles. The predicted octanol–water partition coefficient (Wildman–Crippen LogP) is -0.374. The van der Waals surface area contributed by atoms with Crippen molar-refractivity contribution < 1.29 is 9.59 Å². The number of pyridine rings is 1. The van der Waals surface area contributed by atoms with Crippen molar-refractivity contribution in [3.63, 3.8) is 0 Å². The van der Waals surface area contributed by atoms with Gasteiger partial charge in [0.25, 0.3) is 5.91 Å². The lowest BCUT2D eigenvalue weighted by atomic mass is 10.3. The van der Waals surface area contributed by atoms with E-state index in [1.54, 1.807) is 23.1 Å². The van der Waals surface area contributed by atoms with Gasteiger partial charge in [-0.3, -0.25) is 9.59 Å². The van der Waals surface area contributed by atoms with Gasteiger partial charge in [0.1, 0.15) is 11.5 Å². The lowest BCUT2D eigenvalue weighted by molar-refractivity contribution is -0.120. The summed E-state index contributed by atoms with van der Waals surface area (Å²) in [5, 5.41) is 2.71. The van der Waals surface area contributed by atoms with Crippen LogP contribution in [0.3, 0.4) is 0 Å². The van der Waals surface area contributed by atoms with Crippen LogP contribution in [0, 0.1) is 0 Å². The molecule has 90 valence electrons. The van der Waals surface area contributed by atoms with E-state index in [9.17, 15) is 9.59 Å². The van der Waals surface area contributed by atoms with E-state index in [-0.39, 0.29) is 11.8 Å². The van der Waals surface area contributed by atoms with E-state index < -0.39 is 0 Å². The van der Waals surface area contributed by atoms with Crippen LogP contribution in [0.1, 0.15) is 16.9 Å². The first-order valence-electron chi connectivity index (χ1n) is 5.45. The van der Waals surface area contributed by atoms with Crippen molar-refractivity contribution in [2.45, 2.75) is 6.42 Å². The summed E-state index contributed by atoms with van der Waals surface area (Å²) >= 11 is 0. The fourth-order valence-electron chi connectivity index (χ4n) is 1.70. The maximum atomic E-state index is 12.1. The Morgan fingerprint density at radius 2 is 2.24 bits per heavy atom. The molecule has 6 nitrogen and oxygen atoms in total. The number of nitrogens with zero attached hydrogens (tertiary/aromatic N) is 2. The predicted molar refractivity (Wildman–Crippen MR) is 62.2 cm³/mol. The number of hydrogen-bond donors (Lipinski definition) is 2. The Morgan fingerprint density at radius 1 is 1.41 bits per heavy atom. The first kappa shape index (κ1) is 11.4. The van der Waals surface area contributed by atoms with E-state index >= 15 is 0 Å². The van der Waals surface area contributed by atoms with Crippen LogP contribution in [0.15, 0.2) is 18.2 Å². The van der Waals surface area contributed by atoms with Crippen LogP contribution in [0.4, 0.5) is 5.82 Å². The van der Waals surface area contributed by atoms with E-state index in [4.69, 9.17) is 5.73 Å². The SMILES string of the molecule is Nc1cccc(C(=O)N2CCNC(=O)CC2)n1. The van der Waals surface area contributed by atoms with Crippen molar-refractivity contribution in [1.82, 2.24) is 15.2 Å². The number of anilines is 1. The lowest BCUT2D eigenvalue weighted by Crippen LogP contribution is -2.34. The molecule has 6 heteroatoms. The van der Waals surface area contributed by atoms with Crippen LogP contribution < -0.4 is 11.1 Å². The Morgan fingerprint density at radius 3 is 3.00 bits per heavy atom. The zero-order chi connectivity index (χ0) is 12.3. The number of rotatable bonds is 1. The van der Waals surface area contributed by atoms with Crippen LogP contribution in [-0.4, -0.2) is 41.3 Å². The van der Waals surface area contributed by atoms with Gasteiger partial charge in [-0.05, 0) is 12.1 Å². The second-order valence-electron chi connectivity index (χ2n) is 3.84. The number of carbonyl (C=O) groups excluding carboxylic acids is 2. The van der Waals surface area contributed by atoms with E-state index in [0.29, 0.717) is 37.6 Å². The summed E-state index contributed by atoms with van der Waals surface area (Å²) in [6.45, 7) is 1.40. The zero-order valence-electron chi connectivity index (χ0n) is 9.35. The summed E-state index contributed by atoms with van der Waals surface area (Å²) in [7, 11) is 0. The van der Waals surface area contributed by atoms with Gasteiger partial charge in [-0.15, -0.1) is 0 Å². The summed E-state index contributed by atoms with van der Waals surface area (Å²) in [5.74, 6) is 0.106. The highest BCUT2D eigenvalue weighted by Gasteiger charge is 2.20. The number of aromatic nitrogens is 1. The van der Waals surface area contributed by atoms with Gasteiger partial charge in [-0.2, -0.15) is 0 Å². The smallest absolute Gasteiger partial charge is 0.272 e. The van der Waals surface area contributed by atoms with Crippen molar-refractivity contribution >= 4 is 17.6 Å². The normalized spacial score (nSPS) is 16.2. The molecule has 0 atom stereocenters. The third-order valence-corrected chi connectivity index (χ3v) is 2.59. The van der Waals surface area contributed by atoms with Crippen LogP contribution >= 0.6 is 0 Å². The molecule has 1 fully saturated rings. The minimum Gasteiger partial charge on any atom is -0.384 e. The number of nitrogen functional groups attached to an aromatic ring is 1. The van der Waals surface area contributed by atoms with Gasteiger partial charge in [0, 0.05) is 26.1 Å². The van der Waals surface area contributed by atoms with Gasteiger partial charge in [0.05, 0.1) is 0 Å². The third-order valence-electron chi connectivity index (χ3n) is 2.59. The maximum Gasteiger partial charge on any atom is 0.272 e. The molecule has 0 spiro atoms. The minimum atomic E-state index is -0.186. The van der Waals surface area contributed by atoms with Crippen molar-refractivity contribution in [2.24, 2.45) is 0 Å². The Labute approximate surface area is 98.8 Å². The highest BCUT2D eigenvalue weighted by molar-refractivity contribution is 5.93. The average molecular weight is 234 g/mol. The van der Waals surface area contributed by atoms with Crippen LogP contribution in [-0.2, 0) is 4.79 Å². The molecule has 2 amide bonds. The molecule has 1 aliphatic rings. The van der Waals surface area contributed by atoms with Gasteiger partial charge in [-0.25, -0.2) is 4.98 Å². The molecule has 2 rings (SSSR count). The van der Waals surface area contributed by atoms with Crippen molar-refractivity contribution in [1.29, 1.82) is 0 Å². The van der Waals surface area contributed by atoms with Gasteiger partial charge in [0.15, 0.2) is 0 Å².